The Bertz CT molecular complexity index is 1170. The Balaban J connectivity index is 1.24. The zero-order valence-electron chi connectivity index (χ0n) is 19.6. The van der Waals surface area contributed by atoms with Crippen LogP contribution in [0.15, 0.2) is 24.3 Å². The van der Waals surface area contributed by atoms with Crippen molar-refractivity contribution < 1.29 is 14.7 Å². The first-order valence-electron chi connectivity index (χ1n) is 11.8. The number of β-amino-alcohol motifs (C(OH)–C–C–N with tert-alkyl or cyclic N) is 1. The topological polar surface area (TPSA) is 141 Å². The van der Waals surface area contributed by atoms with Gasteiger partial charge in [-0.25, -0.2) is 4.31 Å². The number of carbonyl (C=O) groups excluding carboxylic acids is 2. The minimum absolute atomic E-state index is 0.0309. The number of aryl methyl sites for hydroxylation is 1. The van der Waals surface area contributed by atoms with E-state index in [-0.39, 0.29) is 22.6 Å². The zero-order chi connectivity index (χ0) is 24.7. The molecule has 3 heterocycles. The monoisotopic (exact) mass is 495 g/mol. The quantitative estimate of drug-likeness (QED) is 0.469. The summed E-state index contributed by atoms with van der Waals surface area (Å²) in [5.74, 6) is -0.414. The maximum atomic E-state index is 13.4. The molecule has 11 heteroatoms. The van der Waals surface area contributed by atoms with Gasteiger partial charge in [-0.05, 0) is 37.0 Å². The molecule has 5 rings (SSSR count). The van der Waals surface area contributed by atoms with Crippen LogP contribution in [-0.2, 0) is 20.0 Å². The Morgan fingerprint density at radius 3 is 2.71 bits per heavy atom. The fourth-order valence-electron chi connectivity index (χ4n) is 4.76. The lowest BCUT2D eigenvalue weighted by molar-refractivity contribution is 0.0725. The molecule has 2 amide bonds. The highest BCUT2D eigenvalue weighted by molar-refractivity contribution is 7.98. The highest BCUT2D eigenvalue weighted by Crippen LogP contribution is 2.51. The first-order chi connectivity index (χ1) is 16.8. The molecule has 184 valence electrons. The highest BCUT2D eigenvalue weighted by Gasteiger charge is 2.49. The van der Waals surface area contributed by atoms with E-state index in [1.807, 2.05) is 4.90 Å². The Kier molecular flexibility index (Phi) is 6.31. The number of carbonyl (C=O) groups is 2. The van der Waals surface area contributed by atoms with E-state index in [1.165, 1.54) is 4.68 Å². The van der Waals surface area contributed by atoms with Crippen molar-refractivity contribution in [3.63, 3.8) is 0 Å². The van der Waals surface area contributed by atoms with E-state index in [4.69, 9.17) is 11.0 Å². The average Bonchev–Trinajstić information content (AvgIpc) is 3.40. The molecule has 1 saturated carbocycles. The van der Waals surface area contributed by atoms with Gasteiger partial charge in [-0.1, -0.05) is 24.1 Å². The third kappa shape index (κ3) is 4.79. The van der Waals surface area contributed by atoms with Gasteiger partial charge in [-0.2, -0.15) is 10.4 Å². The van der Waals surface area contributed by atoms with Crippen LogP contribution in [0.25, 0.3) is 0 Å². The van der Waals surface area contributed by atoms with Gasteiger partial charge < -0.3 is 21.1 Å². The lowest BCUT2D eigenvalue weighted by Gasteiger charge is -2.32. The van der Waals surface area contributed by atoms with E-state index in [9.17, 15) is 14.7 Å². The molecule has 35 heavy (non-hydrogen) atoms. The summed E-state index contributed by atoms with van der Waals surface area (Å²) in [6.45, 7) is 2.67. The SMILES string of the molecule is Cn1nc(C(=O)NCc2ccc(C#N)cc2)c2c1C(=O)N(CC1(SN3C[C@@H](N)[C@H](O)C3)CC1)CC2. The number of hydrogen-bond acceptors (Lipinski definition) is 8. The van der Waals surface area contributed by atoms with E-state index in [0.717, 1.165) is 18.4 Å². The first-order valence-corrected chi connectivity index (χ1v) is 12.6. The normalized spacial score (nSPS) is 23.1. The largest absolute Gasteiger partial charge is 0.390 e. The summed E-state index contributed by atoms with van der Waals surface area (Å²) in [4.78, 5) is 28.2. The number of nitrogens with zero attached hydrogens (tertiary/aromatic N) is 5. The second-order valence-corrected chi connectivity index (χ2v) is 11.2. The predicted octanol–water partition coefficient (Wildman–Crippen LogP) is 0.405. The number of rotatable bonds is 7. The number of nitrogens with two attached hydrogens (primary N) is 1. The Labute approximate surface area is 208 Å². The van der Waals surface area contributed by atoms with Gasteiger partial charge in [0.25, 0.3) is 11.8 Å². The molecule has 1 aliphatic carbocycles. The molecule has 1 aromatic carbocycles. The van der Waals surface area contributed by atoms with Crippen LogP contribution in [0.1, 0.15) is 50.5 Å². The van der Waals surface area contributed by atoms with Crippen LogP contribution in [0.2, 0.25) is 0 Å². The molecule has 2 fully saturated rings. The molecule has 10 nitrogen and oxygen atoms in total. The summed E-state index contributed by atoms with van der Waals surface area (Å²) < 4.78 is 3.61. The number of aliphatic hydroxyl groups excluding tert-OH is 1. The summed E-state index contributed by atoms with van der Waals surface area (Å²) in [7, 11) is 1.70. The zero-order valence-corrected chi connectivity index (χ0v) is 20.4. The minimum atomic E-state index is -0.506. The van der Waals surface area contributed by atoms with E-state index in [1.54, 1.807) is 43.3 Å². The molecule has 0 unspecified atom stereocenters. The van der Waals surface area contributed by atoms with Crippen LogP contribution in [-0.4, -0.2) is 79.0 Å². The number of nitrogens with one attached hydrogen (secondary N) is 1. The van der Waals surface area contributed by atoms with Crippen molar-refractivity contribution in [1.82, 2.24) is 24.3 Å². The summed E-state index contributed by atoms with van der Waals surface area (Å²) in [5.41, 5.74) is 8.85. The first kappa shape index (κ1) is 23.8. The van der Waals surface area contributed by atoms with Crippen molar-refractivity contribution >= 4 is 23.8 Å². The lowest BCUT2D eigenvalue weighted by atomic mass is 10.0. The van der Waals surface area contributed by atoms with Crippen molar-refractivity contribution in [2.24, 2.45) is 12.8 Å². The molecule has 2 aromatic rings. The number of fused-ring (bicyclic) bond motifs is 1. The van der Waals surface area contributed by atoms with E-state index >= 15 is 0 Å². The van der Waals surface area contributed by atoms with Gasteiger partial charge in [0.15, 0.2) is 5.69 Å². The maximum absolute atomic E-state index is 13.4. The standard InChI is InChI=1S/C24H29N7O3S/c1-29-21-17(20(28-29)22(33)27-11-16-4-2-15(10-25)3-5-16)6-9-30(23(21)34)14-24(7-8-24)35-31-12-18(26)19(32)13-31/h2-5,18-19,32H,6-9,11-14,26H2,1H3,(H,27,33)/t18-,19-/m1/s1. The second-order valence-electron chi connectivity index (χ2n) is 9.62. The molecule has 1 aromatic heterocycles. The second kappa shape index (κ2) is 9.28. The van der Waals surface area contributed by atoms with Crippen molar-refractivity contribution in [3.05, 3.63) is 52.3 Å². The summed E-state index contributed by atoms with van der Waals surface area (Å²) in [6, 6.07) is 8.87. The number of aliphatic hydroxyl groups is 1. The third-order valence-electron chi connectivity index (χ3n) is 6.93. The van der Waals surface area contributed by atoms with Crippen LogP contribution >= 0.6 is 11.9 Å². The molecule has 3 aliphatic rings. The third-order valence-corrected chi connectivity index (χ3v) is 8.41. The van der Waals surface area contributed by atoms with Crippen molar-refractivity contribution in [1.29, 1.82) is 5.26 Å². The average molecular weight is 496 g/mol. The van der Waals surface area contributed by atoms with Gasteiger partial charge >= 0.3 is 0 Å². The predicted molar refractivity (Wildman–Crippen MR) is 130 cm³/mol. The smallest absolute Gasteiger partial charge is 0.272 e. The maximum Gasteiger partial charge on any atom is 0.272 e. The van der Waals surface area contributed by atoms with Crippen LogP contribution in [0.3, 0.4) is 0 Å². The van der Waals surface area contributed by atoms with Gasteiger partial charge in [-0.3, -0.25) is 14.3 Å². The fraction of sp³-hybridized carbons (Fsp3) is 0.500. The number of hydrogen-bond donors (Lipinski definition) is 3. The van der Waals surface area contributed by atoms with Crippen molar-refractivity contribution in [3.8, 4) is 6.07 Å². The molecule has 2 aliphatic heterocycles. The number of aromatic nitrogens is 2. The molecule has 0 bridgehead atoms. The summed E-state index contributed by atoms with van der Waals surface area (Å²) >= 11 is 1.72. The molecular weight excluding hydrogens is 466 g/mol. The lowest BCUT2D eigenvalue weighted by Crippen LogP contribution is -2.43. The molecule has 0 spiro atoms. The Hall–Kier alpha value is -2.91. The van der Waals surface area contributed by atoms with Gasteiger partial charge in [0.05, 0.1) is 17.7 Å². The van der Waals surface area contributed by atoms with E-state index in [0.29, 0.717) is 61.7 Å². The van der Waals surface area contributed by atoms with Crippen LogP contribution in [0, 0.1) is 11.3 Å². The molecule has 0 radical (unpaired) electrons. The van der Waals surface area contributed by atoms with Gasteiger partial charge in [0, 0.05) is 56.1 Å². The van der Waals surface area contributed by atoms with Crippen LogP contribution in [0.5, 0.6) is 0 Å². The molecule has 4 N–H and O–H groups in total. The van der Waals surface area contributed by atoms with Gasteiger partial charge in [0.2, 0.25) is 0 Å². The Morgan fingerprint density at radius 1 is 1.34 bits per heavy atom. The van der Waals surface area contributed by atoms with E-state index < -0.39 is 6.10 Å². The van der Waals surface area contributed by atoms with Gasteiger partial charge in [-0.15, -0.1) is 0 Å². The summed E-state index contributed by atoms with van der Waals surface area (Å²) in [5, 5.41) is 26.1. The minimum Gasteiger partial charge on any atom is -0.390 e. The van der Waals surface area contributed by atoms with Crippen molar-refractivity contribution in [2.45, 2.75) is 42.7 Å². The van der Waals surface area contributed by atoms with Crippen molar-refractivity contribution in [2.75, 3.05) is 26.2 Å². The van der Waals surface area contributed by atoms with Crippen LogP contribution < -0.4 is 11.1 Å². The Morgan fingerprint density at radius 2 is 2.09 bits per heavy atom. The summed E-state index contributed by atoms with van der Waals surface area (Å²) in [6.07, 6.45) is 2.10. The molecular formula is C24H29N7O3S. The molecule has 2 atom stereocenters. The molecule has 1 saturated heterocycles. The van der Waals surface area contributed by atoms with Crippen LogP contribution in [0.4, 0.5) is 0 Å². The number of nitriles is 1. The highest BCUT2D eigenvalue weighted by atomic mass is 32.2. The van der Waals surface area contributed by atoms with Gasteiger partial charge in [0.1, 0.15) is 5.69 Å². The number of benzene rings is 1. The van der Waals surface area contributed by atoms with E-state index in [2.05, 4.69) is 20.8 Å². The number of amides is 2. The fourth-order valence-corrected chi connectivity index (χ4v) is 6.28.